The molecule has 1 aliphatic rings. The zero-order chi connectivity index (χ0) is 25.3. The second-order valence-corrected chi connectivity index (χ2v) is 9.47. The van der Waals surface area contributed by atoms with Gasteiger partial charge in [0.2, 0.25) is 5.95 Å². The Morgan fingerprint density at radius 3 is 2.64 bits per heavy atom. The van der Waals surface area contributed by atoms with Crippen LogP contribution in [0, 0.1) is 11.3 Å². The van der Waals surface area contributed by atoms with E-state index in [1.807, 2.05) is 6.07 Å². The van der Waals surface area contributed by atoms with Crippen LogP contribution in [0.1, 0.15) is 38.1 Å². The summed E-state index contributed by atoms with van der Waals surface area (Å²) in [4.78, 5) is 19.7. The van der Waals surface area contributed by atoms with E-state index in [1.54, 1.807) is 36.8 Å². The van der Waals surface area contributed by atoms with Gasteiger partial charge in [-0.1, -0.05) is 11.6 Å². The first-order valence-corrected chi connectivity index (χ1v) is 11.9. The summed E-state index contributed by atoms with van der Waals surface area (Å²) in [5, 5.41) is 20.1. The van der Waals surface area contributed by atoms with Gasteiger partial charge in [0, 0.05) is 43.3 Å². The number of nitriles is 1. The maximum atomic E-state index is 14.2. The summed E-state index contributed by atoms with van der Waals surface area (Å²) in [5.74, 6) is 1.91. The predicted molar refractivity (Wildman–Crippen MR) is 135 cm³/mol. The highest BCUT2D eigenvalue weighted by atomic mass is 35.5. The van der Waals surface area contributed by atoms with Crippen molar-refractivity contribution < 1.29 is 4.39 Å². The van der Waals surface area contributed by atoms with Crippen molar-refractivity contribution in [1.29, 1.82) is 5.26 Å². The van der Waals surface area contributed by atoms with Crippen LogP contribution >= 0.6 is 11.6 Å². The van der Waals surface area contributed by atoms with E-state index in [-0.39, 0.29) is 11.9 Å². The highest BCUT2D eigenvalue weighted by Crippen LogP contribution is 2.26. The fourth-order valence-corrected chi connectivity index (χ4v) is 4.10. The molecule has 0 radical (unpaired) electrons. The molecular weight excluding hydrogens is 483 g/mol. The van der Waals surface area contributed by atoms with Gasteiger partial charge in [-0.15, -0.1) is 5.10 Å². The van der Waals surface area contributed by atoms with E-state index < -0.39 is 5.67 Å². The van der Waals surface area contributed by atoms with Crippen LogP contribution in [0.2, 0.25) is 5.02 Å². The van der Waals surface area contributed by atoms with E-state index in [9.17, 15) is 4.39 Å². The smallest absolute Gasteiger partial charge is 0.229 e. The van der Waals surface area contributed by atoms with E-state index in [1.165, 1.54) is 18.4 Å². The molecule has 2 N–H and O–H groups in total. The number of anilines is 4. The minimum Gasteiger partial charge on any atom is -0.366 e. The van der Waals surface area contributed by atoms with Crippen molar-refractivity contribution in [3.63, 3.8) is 0 Å². The monoisotopic (exact) mass is 506 g/mol. The Balaban J connectivity index is 1.24. The SMILES string of the molecule is CC(C)(F)c1nc2cc(Nc3ncc(Cl)c(NC4CCN(c5ccc(C#N)cn5)CC4)n3)ccn2n1. The number of alkyl halides is 1. The summed E-state index contributed by atoms with van der Waals surface area (Å²) in [5.41, 5.74) is 0.118. The molecule has 4 aromatic rings. The van der Waals surface area contributed by atoms with Gasteiger partial charge in [-0.3, -0.25) is 0 Å². The van der Waals surface area contributed by atoms with Crippen LogP contribution in [0.4, 0.5) is 27.7 Å². The van der Waals surface area contributed by atoms with Crippen molar-refractivity contribution in [2.45, 2.75) is 38.4 Å². The minimum absolute atomic E-state index is 0.120. The largest absolute Gasteiger partial charge is 0.366 e. The van der Waals surface area contributed by atoms with Crippen molar-refractivity contribution in [2.75, 3.05) is 28.6 Å². The molecule has 0 spiro atoms. The van der Waals surface area contributed by atoms with Crippen molar-refractivity contribution in [3.05, 3.63) is 59.3 Å². The third kappa shape index (κ3) is 5.13. The predicted octanol–water partition coefficient (Wildman–Crippen LogP) is 4.47. The molecule has 1 aliphatic heterocycles. The molecule has 36 heavy (non-hydrogen) atoms. The van der Waals surface area contributed by atoms with Crippen LogP contribution < -0.4 is 15.5 Å². The standard InChI is InChI=1S/C24H24ClFN10/c1-24(2,26)22-32-20-11-17(7-10-36(20)34-22)31-23-29-14-18(25)21(33-23)30-16-5-8-35(9-6-16)19-4-3-15(12-27)13-28-19/h3-4,7,10-11,13-14,16H,5-6,8-9H2,1-2H3,(H2,29,30,31,33). The molecule has 0 aromatic carbocycles. The van der Waals surface area contributed by atoms with Crippen LogP contribution in [0.15, 0.2) is 42.9 Å². The van der Waals surface area contributed by atoms with Crippen molar-refractivity contribution in [2.24, 2.45) is 0 Å². The zero-order valence-corrected chi connectivity index (χ0v) is 20.5. The van der Waals surface area contributed by atoms with Crippen LogP contribution in [0.5, 0.6) is 0 Å². The van der Waals surface area contributed by atoms with Gasteiger partial charge < -0.3 is 15.5 Å². The molecule has 0 unspecified atom stereocenters. The van der Waals surface area contributed by atoms with Crippen LogP contribution in [-0.4, -0.2) is 48.7 Å². The lowest BCUT2D eigenvalue weighted by Crippen LogP contribution is -2.39. The summed E-state index contributed by atoms with van der Waals surface area (Å²) in [7, 11) is 0. The van der Waals surface area contributed by atoms with Gasteiger partial charge in [0.05, 0.1) is 11.8 Å². The molecule has 5 heterocycles. The molecule has 0 bridgehead atoms. The third-order valence-corrected chi connectivity index (χ3v) is 6.18. The zero-order valence-electron chi connectivity index (χ0n) is 19.8. The Hall–Kier alpha value is -4.04. The Morgan fingerprint density at radius 2 is 1.94 bits per heavy atom. The van der Waals surface area contributed by atoms with Gasteiger partial charge in [0.25, 0.3) is 0 Å². The van der Waals surface area contributed by atoms with E-state index in [0.29, 0.717) is 33.7 Å². The summed E-state index contributed by atoms with van der Waals surface area (Å²) >= 11 is 6.38. The van der Waals surface area contributed by atoms with Gasteiger partial charge in [0.1, 0.15) is 16.9 Å². The average Bonchev–Trinajstić information content (AvgIpc) is 3.31. The number of rotatable bonds is 6. The van der Waals surface area contributed by atoms with Gasteiger partial charge in [-0.2, -0.15) is 10.2 Å². The second-order valence-electron chi connectivity index (χ2n) is 9.06. The molecule has 1 fully saturated rings. The summed E-state index contributed by atoms with van der Waals surface area (Å²) in [6.07, 6.45) is 6.60. The van der Waals surface area contributed by atoms with Crippen LogP contribution in [0.25, 0.3) is 5.65 Å². The minimum atomic E-state index is -1.63. The molecule has 4 aromatic heterocycles. The maximum absolute atomic E-state index is 14.2. The van der Waals surface area contributed by atoms with Gasteiger partial charge >= 0.3 is 0 Å². The molecule has 12 heteroatoms. The van der Waals surface area contributed by atoms with E-state index in [4.69, 9.17) is 16.9 Å². The number of piperidine rings is 1. The molecule has 0 atom stereocenters. The number of nitrogens with one attached hydrogen (secondary N) is 2. The Bertz CT molecular complexity index is 1420. The summed E-state index contributed by atoms with van der Waals surface area (Å²) < 4.78 is 15.7. The molecule has 0 aliphatic carbocycles. The second kappa shape index (κ2) is 9.54. The maximum Gasteiger partial charge on any atom is 0.229 e. The lowest BCUT2D eigenvalue weighted by molar-refractivity contribution is 0.207. The first-order chi connectivity index (χ1) is 17.3. The van der Waals surface area contributed by atoms with Crippen LogP contribution in [-0.2, 0) is 5.67 Å². The number of aromatic nitrogens is 6. The quantitative estimate of drug-likeness (QED) is 0.390. The number of halogens is 2. The van der Waals surface area contributed by atoms with Gasteiger partial charge in [-0.05, 0) is 44.9 Å². The van der Waals surface area contributed by atoms with Crippen molar-refractivity contribution in [1.82, 2.24) is 29.5 Å². The Kier molecular flexibility index (Phi) is 6.28. The van der Waals surface area contributed by atoms with Gasteiger partial charge in [-0.25, -0.2) is 23.9 Å². The van der Waals surface area contributed by atoms with Crippen molar-refractivity contribution in [3.8, 4) is 6.07 Å². The summed E-state index contributed by atoms with van der Waals surface area (Å²) in [6, 6.07) is 9.47. The molecule has 184 valence electrons. The fraction of sp³-hybridized carbons (Fsp3) is 0.333. The number of nitrogens with zero attached hydrogens (tertiary/aromatic N) is 8. The number of pyridine rings is 2. The van der Waals surface area contributed by atoms with E-state index in [2.05, 4.69) is 46.6 Å². The Morgan fingerprint density at radius 1 is 1.14 bits per heavy atom. The third-order valence-electron chi connectivity index (χ3n) is 5.91. The van der Waals surface area contributed by atoms with E-state index in [0.717, 1.165) is 31.7 Å². The number of hydrogen-bond acceptors (Lipinski definition) is 9. The summed E-state index contributed by atoms with van der Waals surface area (Å²) in [6.45, 7) is 4.48. The highest BCUT2D eigenvalue weighted by Gasteiger charge is 2.25. The van der Waals surface area contributed by atoms with Crippen molar-refractivity contribution >= 4 is 40.5 Å². The molecule has 1 saturated heterocycles. The Labute approximate surface area is 212 Å². The average molecular weight is 507 g/mol. The molecular formula is C24H24ClFN10. The lowest BCUT2D eigenvalue weighted by Gasteiger charge is -2.33. The fourth-order valence-electron chi connectivity index (χ4n) is 3.95. The first-order valence-electron chi connectivity index (χ1n) is 11.5. The number of hydrogen-bond donors (Lipinski definition) is 2. The molecule has 10 nitrogen and oxygen atoms in total. The van der Waals surface area contributed by atoms with E-state index >= 15 is 0 Å². The normalized spacial score (nSPS) is 14.6. The molecule has 5 rings (SSSR count). The lowest BCUT2D eigenvalue weighted by atomic mass is 10.0. The van der Waals surface area contributed by atoms with Gasteiger partial charge in [0.15, 0.2) is 23.0 Å². The number of fused-ring (bicyclic) bond motifs is 1. The molecule has 0 saturated carbocycles. The first kappa shape index (κ1) is 23.7. The highest BCUT2D eigenvalue weighted by molar-refractivity contribution is 6.32. The van der Waals surface area contributed by atoms with Crippen LogP contribution in [0.3, 0.4) is 0 Å². The topological polar surface area (TPSA) is 120 Å². The molecule has 0 amide bonds.